The lowest BCUT2D eigenvalue weighted by atomic mass is 11.1. The van der Waals surface area contributed by atoms with Crippen molar-refractivity contribution in [2.24, 2.45) is 5.11 Å². The quantitative estimate of drug-likeness (QED) is 0.301. The van der Waals surface area contributed by atoms with E-state index in [-0.39, 0.29) is 10.7 Å². The molecule has 0 amide bonds. The Morgan fingerprint density at radius 3 is 2.78 bits per heavy atom. The van der Waals surface area contributed by atoms with Crippen LogP contribution in [0.5, 0.6) is 0 Å². The van der Waals surface area contributed by atoms with E-state index in [1.807, 2.05) is 0 Å². The lowest BCUT2D eigenvalue weighted by molar-refractivity contribution is 0.931. The Hall–Kier alpha value is -1.24. The third kappa shape index (κ3) is 0.809. The minimum atomic E-state index is 0.0694. The molecule has 0 saturated heterocycles. The molecule has 9 heavy (non-hydrogen) atoms. The lowest BCUT2D eigenvalue weighted by Crippen LogP contribution is -2.06. The normalized spacial score (nSPS) is 9.33. The second kappa shape index (κ2) is 1.94. The van der Waals surface area contributed by atoms with E-state index >= 15 is 0 Å². The molecule has 0 fully saturated rings. The molecule has 0 aliphatic rings. The zero-order chi connectivity index (χ0) is 6.85. The topological polar surface area (TPSA) is 95.8 Å². The second-order valence-electron chi connectivity index (χ2n) is 1.31. The molecule has 0 bridgehead atoms. The van der Waals surface area contributed by atoms with Crippen molar-refractivity contribution in [3.05, 3.63) is 4.77 Å². The summed E-state index contributed by atoms with van der Waals surface area (Å²) in [4.78, 5) is 0. The number of aromatic nitrogens is 3. The minimum absolute atomic E-state index is 0.0694. The number of hydrogen-bond acceptors (Lipinski definition) is 5. The van der Waals surface area contributed by atoms with Crippen LogP contribution >= 0.6 is 12.2 Å². The maximum Gasteiger partial charge on any atom is 0.286 e. The summed E-state index contributed by atoms with van der Waals surface area (Å²) in [5, 5.41) is 8.84. The van der Waals surface area contributed by atoms with Crippen LogP contribution in [0.25, 0.3) is 0 Å². The summed E-state index contributed by atoms with van der Waals surface area (Å²) >= 11 is 4.62. The van der Waals surface area contributed by atoms with Crippen molar-refractivity contribution in [3.63, 3.8) is 0 Å². The van der Waals surface area contributed by atoms with E-state index in [0.29, 0.717) is 0 Å². The molecular weight excluding hydrogens is 140 g/mol. The smallest absolute Gasteiger partial charge is 0.286 e. The molecule has 0 saturated carbocycles. The molecule has 0 aliphatic heterocycles. The van der Waals surface area contributed by atoms with Gasteiger partial charge in [-0.25, -0.2) is 10.6 Å². The van der Waals surface area contributed by atoms with Gasteiger partial charge in [0.05, 0.1) is 0 Å². The van der Waals surface area contributed by atoms with Gasteiger partial charge in [0.15, 0.2) is 0 Å². The molecule has 1 heterocycles. The number of aromatic amines is 1. The number of hydrogen-bond donors (Lipinski definition) is 3. The first-order valence-corrected chi connectivity index (χ1v) is 2.46. The van der Waals surface area contributed by atoms with Crippen LogP contribution in [-0.2, 0) is 0 Å². The Balaban J connectivity index is 3.35. The summed E-state index contributed by atoms with van der Waals surface area (Å²) < 4.78 is 1.27. The summed E-state index contributed by atoms with van der Waals surface area (Å²) in [6.07, 6.45) is 0. The molecule has 1 aromatic heterocycles. The third-order valence-corrected chi connectivity index (χ3v) is 1.07. The molecule has 0 spiro atoms. The van der Waals surface area contributed by atoms with E-state index in [1.54, 1.807) is 0 Å². The van der Waals surface area contributed by atoms with Gasteiger partial charge in [0, 0.05) is 0 Å². The van der Waals surface area contributed by atoms with Crippen LogP contribution in [-0.4, -0.2) is 14.9 Å². The zero-order valence-electron chi connectivity index (χ0n) is 4.33. The zero-order valence-corrected chi connectivity index (χ0v) is 5.14. The summed E-state index contributed by atoms with van der Waals surface area (Å²) in [5.41, 5.74) is 6.49. The first-order chi connectivity index (χ1) is 4.25. The van der Waals surface area contributed by atoms with Crippen molar-refractivity contribution in [2.75, 3.05) is 5.84 Å². The average molecular weight is 144 g/mol. The molecule has 1 aromatic rings. The third-order valence-electron chi connectivity index (χ3n) is 0.786. The highest BCUT2D eigenvalue weighted by molar-refractivity contribution is 7.71. The molecule has 0 aromatic carbocycles. The highest BCUT2D eigenvalue weighted by Crippen LogP contribution is 2.00. The van der Waals surface area contributed by atoms with Crippen molar-refractivity contribution in [1.82, 2.24) is 14.9 Å². The van der Waals surface area contributed by atoms with Crippen molar-refractivity contribution in [2.45, 2.75) is 0 Å². The number of nitrogen functional groups attached to an aromatic ring is 1. The van der Waals surface area contributed by atoms with Gasteiger partial charge in [-0.2, -0.15) is 4.68 Å². The first-order valence-electron chi connectivity index (χ1n) is 2.05. The van der Waals surface area contributed by atoms with Crippen molar-refractivity contribution >= 4 is 18.2 Å². The van der Waals surface area contributed by atoms with E-state index in [1.165, 1.54) is 0 Å². The maximum absolute atomic E-state index is 6.49. The van der Waals surface area contributed by atoms with Crippen LogP contribution in [0.2, 0.25) is 0 Å². The number of H-pyrrole nitrogens is 1. The molecule has 0 aliphatic carbocycles. The average Bonchev–Trinajstić information content (AvgIpc) is 2.15. The number of nitrogens with two attached hydrogens (primary N) is 1. The number of rotatable bonds is 1. The largest absolute Gasteiger partial charge is 0.334 e. The van der Waals surface area contributed by atoms with Gasteiger partial charge in [-0.05, 0) is 12.2 Å². The molecule has 4 N–H and O–H groups in total. The summed E-state index contributed by atoms with van der Waals surface area (Å²) in [5.74, 6) is 5.29. The van der Waals surface area contributed by atoms with E-state index < -0.39 is 0 Å². The molecule has 48 valence electrons. The summed E-state index contributed by atoms with van der Waals surface area (Å²) in [6, 6.07) is 0. The van der Waals surface area contributed by atoms with E-state index in [4.69, 9.17) is 11.4 Å². The van der Waals surface area contributed by atoms with Gasteiger partial charge < -0.3 is 5.84 Å². The van der Waals surface area contributed by atoms with Crippen LogP contribution in [0.15, 0.2) is 5.11 Å². The van der Waals surface area contributed by atoms with Crippen molar-refractivity contribution < 1.29 is 0 Å². The Labute approximate surface area is 55.2 Å². The molecular formula is C2H4N6S. The van der Waals surface area contributed by atoms with Gasteiger partial charge in [0.2, 0.25) is 4.77 Å². The van der Waals surface area contributed by atoms with Gasteiger partial charge in [0.25, 0.3) is 5.95 Å². The Morgan fingerprint density at radius 1 is 1.89 bits per heavy atom. The van der Waals surface area contributed by atoms with Crippen LogP contribution in [0.4, 0.5) is 5.95 Å². The Morgan fingerprint density at radius 2 is 2.56 bits per heavy atom. The standard InChI is InChI=1S/C2H4N6S/c3-5-1-6-7-2(9)8(1)4/h3H,4H2,(H,7,9). The molecule has 0 unspecified atom stereocenters. The van der Waals surface area contributed by atoms with Gasteiger partial charge >= 0.3 is 0 Å². The summed E-state index contributed by atoms with van der Waals surface area (Å²) in [6.45, 7) is 0. The van der Waals surface area contributed by atoms with Crippen molar-refractivity contribution in [3.8, 4) is 0 Å². The fourth-order valence-corrected chi connectivity index (χ4v) is 0.503. The Bertz CT molecular complexity index is 269. The molecule has 7 heteroatoms. The van der Waals surface area contributed by atoms with Gasteiger partial charge in [-0.15, -0.1) is 10.2 Å². The lowest BCUT2D eigenvalue weighted by Gasteiger charge is -1.86. The van der Waals surface area contributed by atoms with Crippen LogP contribution < -0.4 is 5.84 Å². The maximum atomic E-state index is 6.49. The van der Waals surface area contributed by atoms with E-state index in [0.717, 1.165) is 4.68 Å². The SMILES string of the molecule is N=Nc1n[nH]c(=S)n1N. The minimum Gasteiger partial charge on any atom is -0.334 e. The van der Waals surface area contributed by atoms with E-state index in [9.17, 15) is 0 Å². The predicted octanol–water partition coefficient (Wildman–Crippen LogP) is 0.317. The predicted molar refractivity (Wildman–Crippen MR) is 32.4 cm³/mol. The fourth-order valence-electron chi connectivity index (χ4n) is 0.375. The van der Waals surface area contributed by atoms with E-state index in [2.05, 4.69) is 27.5 Å². The van der Waals surface area contributed by atoms with Gasteiger partial charge in [-0.3, -0.25) is 0 Å². The highest BCUT2D eigenvalue weighted by atomic mass is 32.1. The number of nitrogens with one attached hydrogen (secondary N) is 2. The van der Waals surface area contributed by atoms with Gasteiger partial charge in [0.1, 0.15) is 0 Å². The fraction of sp³-hybridized carbons (Fsp3) is 0. The molecule has 6 nitrogen and oxygen atoms in total. The first kappa shape index (κ1) is 5.89. The monoisotopic (exact) mass is 144 g/mol. The second-order valence-corrected chi connectivity index (χ2v) is 1.70. The molecule has 0 radical (unpaired) electrons. The number of nitrogens with zero attached hydrogens (tertiary/aromatic N) is 3. The van der Waals surface area contributed by atoms with Crippen molar-refractivity contribution in [1.29, 1.82) is 5.53 Å². The van der Waals surface area contributed by atoms with Crippen LogP contribution in [0.3, 0.4) is 0 Å². The van der Waals surface area contributed by atoms with Gasteiger partial charge in [-0.1, -0.05) is 0 Å². The van der Waals surface area contributed by atoms with Crippen LogP contribution in [0.1, 0.15) is 0 Å². The summed E-state index contributed by atoms with van der Waals surface area (Å²) in [7, 11) is 0. The van der Waals surface area contributed by atoms with Crippen LogP contribution in [0, 0.1) is 10.3 Å². The highest BCUT2D eigenvalue weighted by Gasteiger charge is 1.96. The Kier molecular flexibility index (Phi) is 1.27. The molecule has 0 atom stereocenters. The molecule has 1 rings (SSSR count).